The van der Waals surface area contributed by atoms with E-state index in [9.17, 15) is 9.59 Å². The summed E-state index contributed by atoms with van der Waals surface area (Å²) in [5.74, 6) is -0.331. The summed E-state index contributed by atoms with van der Waals surface area (Å²) < 4.78 is 0. The van der Waals surface area contributed by atoms with Crippen LogP contribution in [0.1, 0.15) is 33.6 Å². The fourth-order valence-electron chi connectivity index (χ4n) is 1.21. The van der Waals surface area contributed by atoms with Crippen molar-refractivity contribution in [2.75, 3.05) is 19.6 Å². The van der Waals surface area contributed by atoms with E-state index in [1.54, 1.807) is 0 Å². The SMILES string of the molecule is CCN(CCC(=O)O)C(=O)NCCC(C)C. The molecular weight excluding hydrogens is 208 g/mol. The van der Waals surface area contributed by atoms with Crippen LogP contribution in [0.15, 0.2) is 0 Å². The zero-order valence-electron chi connectivity index (χ0n) is 10.3. The molecule has 0 fully saturated rings. The third-order valence-corrected chi connectivity index (χ3v) is 2.26. The van der Waals surface area contributed by atoms with Crippen molar-refractivity contribution in [3.8, 4) is 0 Å². The third-order valence-electron chi connectivity index (χ3n) is 2.26. The second kappa shape index (κ2) is 7.96. The van der Waals surface area contributed by atoms with E-state index in [4.69, 9.17) is 5.11 Å². The number of urea groups is 1. The van der Waals surface area contributed by atoms with Crippen molar-refractivity contribution in [2.45, 2.75) is 33.6 Å². The largest absolute Gasteiger partial charge is 0.481 e. The summed E-state index contributed by atoms with van der Waals surface area (Å²) in [4.78, 5) is 23.5. The van der Waals surface area contributed by atoms with Crippen LogP contribution in [0.3, 0.4) is 0 Å². The molecule has 0 aromatic heterocycles. The average Bonchev–Trinajstić information content (AvgIpc) is 2.17. The third kappa shape index (κ3) is 7.09. The van der Waals surface area contributed by atoms with Gasteiger partial charge in [0.05, 0.1) is 6.42 Å². The number of carboxylic acid groups (broad SMARTS) is 1. The quantitative estimate of drug-likeness (QED) is 0.697. The summed E-state index contributed by atoms with van der Waals surface area (Å²) in [7, 11) is 0. The van der Waals surface area contributed by atoms with Gasteiger partial charge >= 0.3 is 12.0 Å². The molecule has 0 unspecified atom stereocenters. The normalized spacial score (nSPS) is 10.2. The van der Waals surface area contributed by atoms with Crippen molar-refractivity contribution < 1.29 is 14.7 Å². The van der Waals surface area contributed by atoms with Gasteiger partial charge in [0.15, 0.2) is 0 Å². The zero-order chi connectivity index (χ0) is 12.6. The van der Waals surface area contributed by atoms with Gasteiger partial charge in [-0.2, -0.15) is 0 Å². The highest BCUT2D eigenvalue weighted by Crippen LogP contribution is 1.98. The summed E-state index contributed by atoms with van der Waals surface area (Å²) in [6, 6.07) is -0.176. The van der Waals surface area contributed by atoms with Gasteiger partial charge in [0.1, 0.15) is 0 Å². The van der Waals surface area contributed by atoms with E-state index in [0.29, 0.717) is 19.0 Å². The predicted molar refractivity (Wildman–Crippen MR) is 62.4 cm³/mol. The van der Waals surface area contributed by atoms with Crippen LogP contribution in [0, 0.1) is 5.92 Å². The van der Waals surface area contributed by atoms with E-state index >= 15 is 0 Å². The number of rotatable bonds is 7. The van der Waals surface area contributed by atoms with Gasteiger partial charge in [0.25, 0.3) is 0 Å². The first kappa shape index (κ1) is 14.7. The Bertz CT molecular complexity index is 229. The van der Waals surface area contributed by atoms with Gasteiger partial charge in [-0.1, -0.05) is 13.8 Å². The van der Waals surface area contributed by atoms with Crippen LogP contribution in [-0.2, 0) is 4.79 Å². The molecule has 0 aliphatic carbocycles. The monoisotopic (exact) mass is 230 g/mol. The second-order valence-electron chi connectivity index (χ2n) is 4.14. The molecule has 16 heavy (non-hydrogen) atoms. The van der Waals surface area contributed by atoms with Crippen molar-refractivity contribution in [1.29, 1.82) is 0 Å². The summed E-state index contributed by atoms with van der Waals surface area (Å²) in [5, 5.41) is 11.3. The lowest BCUT2D eigenvalue weighted by Crippen LogP contribution is -2.41. The maximum Gasteiger partial charge on any atom is 0.317 e. The summed E-state index contributed by atoms with van der Waals surface area (Å²) in [6.07, 6.45) is 0.924. The second-order valence-corrected chi connectivity index (χ2v) is 4.14. The van der Waals surface area contributed by atoms with Gasteiger partial charge < -0.3 is 15.3 Å². The number of hydrogen-bond donors (Lipinski definition) is 2. The minimum absolute atomic E-state index is 0.00849. The minimum Gasteiger partial charge on any atom is -0.481 e. The van der Waals surface area contributed by atoms with Gasteiger partial charge in [-0.3, -0.25) is 4.79 Å². The fourth-order valence-corrected chi connectivity index (χ4v) is 1.21. The molecule has 0 aromatic rings. The van der Waals surface area contributed by atoms with Crippen molar-refractivity contribution in [1.82, 2.24) is 10.2 Å². The van der Waals surface area contributed by atoms with Crippen LogP contribution in [-0.4, -0.2) is 41.6 Å². The number of hydrogen-bond acceptors (Lipinski definition) is 2. The van der Waals surface area contributed by atoms with E-state index in [0.717, 1.165) is 6.42 Å². The van der Waals surface area contributed by atoms with Gasteiger partial charge in [-0.15, -0.1) is 0 Å². The lowest BCUT2D eigenvalue weighted by molar-refractivity contribution is -0.137. The standard InChI is InChI=1S/C11H22N2O3/c1-4-13(8-6-10(14)15)11(16)12-7-5-9(2)3/h9H,4-8H2,1-3H3,(H,12,16)(H,14,15). The Labute approximate surface area is 96.8 Å². The van der Waals surface area contributed by atoms with Crippen LogP contribution >= 0.6 is 0 Å². The predicted octanol–water partition coefficient (Wildman–Crippen LogP) is 1.54. The van der Waals surface area contributed by atoms with Crippen molar-refractivity contribution >= 4 is 12.0 Å². The smallest absolute Gasteiger partial charge is 0.317 e. The highest BCUT2D eigenvalue weighted by molar-refractivity contribution is 5.75. The van der Waals surface area contributed by atoms with Gasteiger partial charge in [0.2, 0.25) is 0 Å². The van der Waals surface area contributed by atoms with Crippen LogP contribution in [0.2, 0.25) is 0 Å². The van der Waals surface area contributed by atoms with Crippen LogP contribution in [0.5, 0.6) is 0 Å². The molecule has 2 amide bonds. The molecule has 0 radical (unpaired) electrons. The summed E-state index contributed by atoms with van der Waals surface area (Å²) in [6.45, 7) is 7.45. The molecule has 0 aliphatic heterocycles. The lowest BCUT2D eigenvalue weighted by Gasteiger charge is -2.20. The molecule has 2 N–H and O–H groups in total. The number of nitrogens with zero attached hydrogens (tertiary/aromatic N) is 1. The molecule has 0 atom stereocenters. The van der Waals surface area contributed by atoms with Crippen LogP contribution in [0.4, 0.5) is 4.79 Å². The van der Waals surface area contributed by atoms with Crippen LogP contribution < -0.4 is 5.32 Å². The first-order valence-electron chi connectivity index (χ1n) is 5.72. The first-order chi connectivity index (χ1) is 7.47. The Morgan fingerprint density at radius 1 is 1.38 bits per heavy atom. The molecule has 0 spiro atoms. The van der Waals surface area contributed by atoms with E-state index < -0.39 is 5.97 Å². The maximum absolute atomic E-state index is 11.6. The Morgan fingerprint density at radius 2 is 2.00 bits per heavy atom. The molecule has 0 aromatic carbocycles. The Balaban J connectivity index is 3.86. The van der Waals surface area contributed by atoms with Crippen molar-refractivity contribution in [3.05, 3.63) is 0 Å². The molecule has 0 heterocycles. The van der Waals surface area contributed by atoms with Crippen LogP contribution in [0.25, 0.3) is 0 Å². The molecule has 0 rings (SSSR count). The highest BCUT2D eigenvalue weighted by atomic mass is 16.4. The zero-order valence-corrected chi connectivity index (χ0v) is 10.3. The Morgan fingerprint density at radius 3 is 2.44 bits per heavy atom. The molecule has 0 saturated carbocycles. The summed E-state index contributed by atoms with van der Waals surface area (Å²) >= 11 is 0. The molecule has 0 saturated heterocycles. The number of aliphatic carboxylic acids is 1. The molecule has 5 nitrogen and oxygen atoms in total. The number of amides is 2. The van der Waals surface area contributed by atoms with E-state index in [-0.39, 0.29) is 19.0 Å². The van der Waals surface area contributed by atoms with Gasteiger partial charge in [-0.05, 0) is 19.3 Å². The lowest BCUT2D eigenvalue weighted by atomic mass is 10.1. The fraction of sp³-hybridized carbons (Fsp3) is 0.818. The van der Waals surface area contributed by atoms with E-state index in [2.05, 4.69) is 19.2 Å². The number of carboxylic acids is 1. The minimum atomic E-state index is -0.881. The van der Waals surface area contributed by atoms with Gasteiger partial charge in [-0.25, -0.2) is 4.79 Å². The molecular formula is C11H22N2O3. The molecule has 94 valence electrons. The number of carbonyl (C=O) groups is 2. The van der Waals surface area contributed by atoms with Gasteiger partial charge in [0, 0.05) is 19.6 Å². The number of nitrogens with one attached hydrogen (secondary N) is 1. The maximum atomic E-state index is 11.6. The van der Waals surface area contributed by atoms with E-state index in [1.807, 2.05) is 6.92 Å². The highest BCUT2D eigenvalue weighted by Gasteiger charge is 2.11. The molecule has 0 aliphatic rings. The number of carbonyl (C=O) groups excluding carboxylic acids is 1. The van der Waals surface area contributed by atoms with Crippen molar-refractivity contribution in [3.63, 3.8) is 0 Å². The topological polar surface area (TPSA) is 69.6 Å². The Kier molecular flexibility index (Phi) is 7.33. The first-order valence-corrected chi connectivity index (χ1v) is 5.72. The average molecular weight is 230 g/mol. The van der Waals surface area contributed by atoms with Crippen molar-refractivity contribution in [2.24, 2.45) is 5.92 Å². The summed E-state index contributed by atoms with van der Waals surface area (Å²) in [5.41, 5.74) is 0. The molecule has 0 bridgehead atoms. The molecule has 5 heteroatoms. The van der Waals surface area contributed by atoms with E-state index in [1.165, 1.54) is 4.90 Å². The Hall–Kier alpha value is -1.26.